The number of piperidine rings is 1. The molecule has 1 aliphatic carbocycles. The number of hydrogen-bond acceptors (Lipinski definition) is 6. The number of rotatable bonds is 7. The molecule has 2 aromatic heterocycles. The van der Waals surface area contributed by atoms with E-state index >= 15 is 0 Å². The van der Waals surface area contributed by atoms with E-state index in [2.05, 4.69) is 20.1 Å². The van der Waals surface area contributed by atoms with Crippen molar-refractivity contribution in [2.45, 2.75) is 36.5 Å². The first-order chi connectivity index (χ1) is 15.7. The molecule has 11 heteroatoms. The summed E-state index contributed by atoms with van der Waals surface area (Å²) in [5.41, 5.74) is -0.0937. The van der Waals surface area contributed by atoms with E-state index in [0.29, 0.717) is 35.7 Å². The molecule has 0 amide bonds. The molecule has 0 spiro atoms. The molecule has 1 saturated heterocycles. The Balaban J connectivity index is 1.15. The summed E-state index contributed by atoms with van der Waals surface area (Å²) in [6.45, 7) is 4.23. The van der Waals surface area contributed by atoms with E-state index in [9.17, 15) is 17.6 Å². The highest BCUT2D eigenvalue weighted by atomic mass is 32.2. The van der Waals surface area contributed by atoms with Gasteiger partial charge in [-0.1, -0.05) is 17.8 Å². The summed E-state index contributed by atoms with van der Waals surface area (Å²) in [6, 6.07) is 2.96. The zero-order valence-corrected chi connectivity index (χ0v) is 19.0. The zero-order valence-electron chi connectivity index (χ0n) is 18.2. The van der Waals surface area contributed by atoms with Gasteiger partial charge in [0.2, 0.25) is 5.82 Å². The number of hydrogen-bond donors (Lipinski definition) is 0. The quantitative estimate of drug-likeness (QED) is 0.277. The monoisotopic (exact) mass is 481 g/mol. The Labute approximate surface area is 192 Å². The minimum Gasteiger partial charge on any atom is -0.440 e. The molecule has 2 aliphatic rings. The average molecular weight is 482 g/mol. The lowest BCUT2D eigenvalue weighted by atomic mass is 9.93. The van der Waals surface area contributed by atoms with Crippen molar-refractivity contribution in [1.29, 1.82) is 0 Å². The number of thioether (sulfide) groups is 1. The van der Waals surface area contributed by atoms with Crippen molar-refractivity contribution in [3.05, 3.63) is 47.2 Å². The summed E-state index contributed by atoms with van der Waals surface area (Å²) in [5, 5.41) is 9.23. The van der Waals surface area contributed by atoms with Gasteiger partial charge in [0.1, 0.15) is 5.82 Å². The van der Waals surface area contributed by atoms with Crippen LogP contribution in [-0.2, 0) is 18.6 Å². The van der Waals surface area contributed by atoms with E-state index in [-0.39, 0.29) is 5.41 Å². The largest absolute Gasteiger partial charge is 0.440 e. The van der Waals surface area contributed by atoms with Gasteiger partial charge in [0.25, 0.3) is 0 Å². The molecule has 33 heavy (non-hydrogen) atoms. The molecule has 1 aliphatic heterocycles. The van der Waals surface area contributed by atoms with Crippen LogP contribution in [0.3, 0.4) is 0 Å². The van der Waals surface area contributed by atoms with E-state index in [1.807, 2.05) is 18.5 Å². The summed E-state index contributed by atoms with van der Waals surface area (Å²) >= 11 is 1.60. The zero-order chi connectivity index (χ0) is 23.4. The second-order valence-corrected chi connectivity index (χ2v) is 9.88. The van der Waals surface area contributed by atoms with Gasteiger partial charge in [-0.15, -0.1) is 10.2 Å². The van der Waals surface area contributed by atoms with Crippen LogP contribution in [0, 0.1) is 18.7 Å². The molecule has 2 atom stereocenters. The van der Waals surface area contributed by atoms with Crippen molar-refractivity contribution in [3.8, 4) is 11.6 Å². The first kappa shape index (κ1) is 22.4. The third-order valence-electron chi connectivity index (χ3n) is 6.68. The second kappa shape index (κ2) is 8.12. The first-order valence-corrected chi connectivity index (χ1v) is 11.7. The van der Waals surface area contributed by atoms with E-state index in [1.54, 1.807) is 11.8 Å². The summed E-state index contributed by atoms with van der Waals surface area (Å²) in [5.74, 6) is 1.64. The molecule has 1 unspecified atom stereocenters. The number of benzene rings is 1. The van der Waals surface area contributed by atoms with Crippen LogP contribution in [-0.4, -0.2) is 50.0 Å². The van der Waals surface area contributed by atoms with Crippen molar-refractivity contribution >= 4 is 11.8 Å². The number of nitrogens with zero attached hydrogens (tertiary/aromatic N) is 5. The Morgan fingerprint density at radius 2 is 2.09 bits per heavy atom. The Hall–Kier alpha value is -2.40. The highest BCUT2D eigenvalue weighted by Gasteiger charge is 2.61. The third-order valence-corrected chi connectivity index (χ3v) is 7.79. The maximum atomic E-state index is 14.5. The lowest BCUT2D eigenvalue weighted by Gasteiger charge is -2.21. The Morgan fingerprint density at radius 3 is 2.79 bits per heavy atom. The van der Waals surface area contributed by atoms with Crippen molar-refractivity contribution in [2.24, 2.45) is 13.0 Å². The van der Waals surface area contributed by atoms with Crippen molar-refractivity contribution in [3.63, 3.8) is 0 Å². The predicted molar refractivity (Wildman–Crippen MR) is 114 cm³/mol. The molecular formula is C22H23F4N5OS. The summed E-state index contributed by atoms with van der Waals surface area (Å²) < 4.78 is 60.4. The predicted octanol–water partition coefficient (Wildman–Crippen LogP) is 4.69. The van der Waals surface area contributed by atoms with Crippen molar-refractivity contribution < 1.29 is 22.0 Å². The number of aryl methyl sites for hydroxylation is 1. The van der Waals surface area contributed by atoms with Gasteiger partial charge in [-0.25, -0.2) is 9.37 Å². The van der Waals surface area contributed by atoms with Gasteiger partial charge in [0, 0.05) is 31.3 Å². The molecule has 2 fully saturated rings. The van der Waals surface area contributed by atoms with Crippen LogP contribution in [0.2, 0.25) is 0 Å². The fourth-order valence-corrected chi connectivity index (χ4v) is 5.71. The number of alkyl halides is 3. The topological polar surface area (TPSA) is 60.0 Å². The number of oxazole rings is 1. The Bertz CT molecular complexity index is 1180. The minimum absolute atomic E-state index is 0.308. The molecule has 0 bridgehead atoms. The molecule has 176 valence electrons. The summed E-state index contributed by atoms with van der Waals surface area (Å²) in [6.07, 6.45) is -1.40. The SMILES string of the molecule is Cc1ncoc1-c1nnc(SCCCN2C[C@H]3CC3(c3ccc(C(F)(F)F)cc3F)C2)n1C. The van der Waals surface area contributed by atoms with Crippen LogP contribution in [0.1, 0.15) is 29.7 Å². The highest BCUT2D eigenvalue weighted by molar-refractivity contribution is 7.99. The van der Waals surface area contributed by atoms with Crippen LogP contribution in [0.15, 0.2) is 34.2 Å². The summed E-state index contributed by atoms with van der Waals surface area (Å²) in [7, 11) is 1.88. The number of halogens is 4. The average Bonchev–Trinajstić information content (AvgIpc) is 3.06. The van der Waals surface area contributed by atoms with E-state index in [1.165, 1.54) is 12.5 Å². The number of aromatic nitrogens is 4. The smallest absolute Gasteiger partial charge is 0.416 e. The molecule has 1 saturated carbocycles. The molecule has 0 radical (unpaired) electrons. The number of fused-ring (bicyclic) bond motifs is 1. The van der Waals surface area contributed by atoms with Crippen LogP contribution < -0.4 is 0 Å². The molecule has 3 aromatic rings. The molecular weight excluding hydrogens is 458 g/mol. The van der Waals surface area contributed by atoms with Gasteiger partial charge in [-0.2, -0.15) is 13.2 Å². The van der Waals surface area contributed by atoms with Crippen molar-refractivity contribution in [1.82, 2.24) is 24.6 Å². The molecule has 6 nitrogen and oxygen atoms in total. The molecule has 0 N–H and O–H groups in total. The van der Waals surface area contributed by atoms with Gasteiger partial charge < -0.3 is 13.9 Å². The maximum Gasteiger partial charge on any atom is 0.416 e. The van der Waals surface area contributed by atoms with Gasteiger partial charge >= 0.3 is 6.18 Å². The molecule has 1 aromatic carbocycles. The molecule has 3 heterocycles. The fraction of sp³-hybridized carbons (Fsp3) is 0.500. The maximum absolute atomic E-state index is 14.5. The fourth-order valence-electron chi connectivity index (χ4n) is 4.88. The third kappa shape index (κ3) is 4.05. The normalized spacial score (nSPS) is 22.7. The van der Waals surface area contributed by atoms with E-state index in [4.69, 9.17) is 4.42 Å². The number of likely N-dealkylation sites (tertiary alicyclic amines) is 1. The summed E-state index contributed by atoms with van der Waals surface area (Å²) in [4.78, 5) is 6.37. The molecule has 5 rings (SSSR count). The van der Waals surface area contributed by atoms with Crippen LogP contribution >= 0.6 is 11.8 Å². The standard InChI is InChI=1S/C22H23F4N5OS/c1-13-18(32-12-27-13)19-28-29-20(30(19)2)33-7-3-6-31-10-15-9-21(15,11-31)16-5-4-14(8-17(16)23)22(24,25)26/h4-5,8,12,15H,3,6-7,9-11H2,1-2H3/t15-,21?/m1/s1. The van der Waals surface area contributed by atoms with Crippen molar-refractivity contribution in [2.75, 3.05) is 25.4 Å². The van der Waals surface area contributed by atoms with Gasteiger partial charge in [0.15, 0.2) is 17.3 Å². The van der Waals surface area contributed by atoms with E-state index < -0.39 is 17.6 Å². The van der Waals surface area contributed by atoms with Crippen LogP contribution in [0.5, 0.6) is 0 Å². The lowest BCUT2D eigenvalue weighted by molar-refractivity contribution is -0.137. The highest BCUT2D eigenvalue weighted by Crippen LogP contribution is 2.59. The van der Waals surface area contributed by atoms with Crippen LogP contribution in [0.4, 0.5) is 17.6 Å². The lowest BCUT2D eigenvalue weighted by Crippen LogP contribution is -2.28. The second-order valence-electron chi connectivity index (χ2n) is 8.82. The van der Waals surface area contributed by atoms with E-state index in [0.717, 1.165) is 48.6 Å². The van der Waals surface area contributed by atoms with Gasteiger partial charge in [0.05, 0.1) is 11.3 Å². The van der Waals surface area contributed by atoms with Gasteiger partial charge in [-0.3, -0.25) is 0 Å². The Kier molecular flexibility index (Phi) is 5.51. The van der Waals surface area contributed by atoms with Crippen LogP contribution in [0.25, 0.3) is 11.6 Å². The first-order valence-electron chi connectivity index (χ1n) is 10.7. The Morgan fingerprint density at radius 1 is 1.27 bits per heavy atom. The van der Waals surface area contributed by atoms with Gasteiger partial charge in [-0.05, 0) is 49.9 Å². The minimum atomic E-state index is -4.53.